The van der Waals surface area contributed by atoms with Gasteiger partial charge in [0.2, 0.25) is 0 Å². The summed E-state index contributed by atoms with van der Waals surface area (Å²) in [5.74, 6) is 0. The summed E-state index contributed by atoms with van der Waals surface area (Å²) >= 11 is 0. The van der Waals surface area contributed by atoms with E-state index in [1.54, 1.807) is 0 Å². The van der Waals surface area contributed by atoms with Crippen molar-refractivity contribution in [3.05, 3.63) is 0 Å². The molecule has 0 amide bonds. The van der Waals surface area contributed by atoms with Gasteiger partial charge in [-0.2, -0.15) is 0 Å². The molecule has 2 nitrogen and oxygen atoms in total. The normalized spacial score (nSPS) is 32.5. The van der Waals surface area contributed by atoms with Crippen molar-refractivity contribution < 1.29 is 5.11 Å². The lowest BCUT2D eigenvalue weighted by Crippen LogP contribution is -2.38. The largest absolute Gasteiger partial charge is 0.395 e. The van der Waals surface area contributed by atoms with Gasteiger partial charge in [0.25, 0.3) is 0 Å². The van der Waals surface area contributed by atoms with Gasteiger partial charge in [-0.1, -0.05) is 0 Å². The first kappa shape index (κ1) is 4.09. The number of aliphatic hydroxyl groups excluding tert-OH is 1. The van der Waals surface area contributed by atoms with E-state index in [0.717, 1.165) is 13.0 Å². The SMILES string of the molecule is OCC1CC[N]1. The van der Waals surface area contributed by atoms with Crippen LogP contribution in [-0.4, -0.2) is 24.3 Å². The zero-order valence-electron chi connectivity index (χ0n) is 3.59. The van der Waals surface area contributed by atoms with Gasteiger partial charge in [0, 0.05) is 12.6 Å². The minimum Gasteiger partial charge on any atom is -0.395 e. The maximum absolute atomic E-state index is 8.29. The fraction of sp³-hybridized carbons (Fsp3) is 1.00. The van der Waals surface area contributed by atoms with Crippen molar-refractivity contribution in [2.45, 2.75) is 12.5 Å². The predicted molar refractivity (Wildman–Crippen MR) is 22.5 cm³/mol. The maximum Gasteiger partial charge on any atom is 0.0601 e. The molecular weight excluding hydrogens is 78.0 g/mol. The van der Waals surface area contributed by atoms with Crippen molar-refractivity contribution in [1.29, 1.82) is 0 Å². The van der Waals surface area contributed by atoms with Gasteiger partial charge in [-0.25, -0.2) is 5.32 Å². The Kier molecular flexibility index (Phi) is 1.08. The summed E-state index contributed by atoms with van der Waals surface area (Å²) in [7, 11) is 0. The molecule has 1 heterocycles. The van der Waals surface area contributed by atoms with Gasteiger partial charge in [-0.05, 0) is 6.42 Å². The third-order valence-corrected chi connectivity index (χ3v) is 1.06. The van der Waals surface area contributed by atoms with Gasteiger partial charge in [0.05, 0.1) is 6.61 Å². The Labute approximate surface area is 37.2 Å². The van der Waals surface area contributed by atoms with Gasteiger partial charge < -0.3 is 5.11 Å². The smallest absolute Gasteiger partial charge is 0.0601 e. The summed E-state index contributed by atoms with van der Waals surface area (Å²) in [6.45, 7) is 1.21. The molecule has 0 aliphatic carbocycles. The van der Waals surface area contributed by atoms with E-state index in [2.05, 4.69) is 5.32 Å². The molecule has 0 aromatic carbocycles. The van der Waals surface area contributed by atoms with E-state index >= 15 is 0 Å². The number of nitrogens with zero attached hydrogens (tertiary/aromatic N) is 1. The second kappa shape index (κ2) is 1.58. The first-order valence-electron chi connectivity index (χ1n) is 2.21. The summed E-state index contributed by atoms with van der Waals surface area (Å²) in [5.41, 5.74) is 0. The predicted octanol–water partition coefficient (Wildman–Crippen LogP) is -0.645. The summed E-state index contributed by atoms with van der Waals surface area (Å²) in [6.07, 6.45) is 1.09. The van der Waals surface area contributed by atoms with Crippen LogP contribution in [0.1, 0.15) is 6.42 Å². The summed E-state index contributed by atoms with van der Waals surface area (Å²) in [4.78, 5) is 0. The van der Waals surface area contributed by atoms with Crippen molar-refractivity contribution in [2.24, 2.45) is 0 Å². The lowest BCUT2D eigenvalue weighted by molar-refractivity contribution is 0.195. The summed E-state index contributed by atoms with van der Waals surface area (Å²) in [5, 5.41) is 12.2. The first-order chi connectivity index (χ1) is 2.93. The Morgan fingerprint density at radius 1 is 1.83 bits per heavy atom. The van der Waals surface area contributed by atoms with E-state index in [0.29, 0.717) is 6.04 Å². The van der Waals surface area contributed by atoms with Crippen molar-refractivity contribution in [2.75, 3.05) is 13.2 Å². The Morgan fingerprint density at radius 2 is 2.50 bits per heavy atom. The number of hydrogen-bond donors (Lipinski definition) is 1. The van der Waals surface area contributed by atoms with Crippen LogP contribution in [0.15, 0.2) is 0 Å². The van der Waals surface area contributed by atoms with Gasteiger partial charge in [-0.3, -0.25) is 0 Å². The molecule has 1 rings (SSSR count). The monoisotopic (exact) mass is 86.1 g/mol. The van der Waals surface area contributed by atoms with Crippen molar-refractivity contribution in [3.63, 3.8) is 0 Å². The number of aliphatic hydroxyl groups is 1. The minimum atomic E-state index is 0.250. The molecule has 0 aromatic heterocycles. The standard InChI is InChI=1S/C4H8NO/c6-3-4-1-2-5-4/h4,6H,1-3H2. The average molecular weight is 86.1 g/mol. The fourth-order valence-electron chi connectivity index (χ4n) is 0.461. The fourth-order valence-corrected chi connectivity index (χ4v) is 0.461. The summed E-state index contributed by atoms with van der Waals surface area (Å²) < 4.78 is 0. The second-order valence-electron chi connectivity index (χ2n) is 1.53. The van der Waals surface area contributed by atoms with Crippen LogP contribution in [0.25, 0.3) is 0 Å². The van der Waals surface area contributed by atoms with Crippen LogP contribution in [0.5, 0.6) is 0 Å². The van der Waals surface area contributed by atoms with E-state index < -0.39 is 0 Å². The van der Waals surface area contributed by atoms with E-state index in [-0.39, 0.29) is 6.61 Å². The molecule has 0 aromatic rings. The Bertz CT molecular complexity index is 40.1. The van der Waals surface area contributed by atoms with Crippen molar-refractivity contribution in [3.8, 4) is 0 Å². The van der Waals surface area contributed by atoms with E-state index in [1.165, 1.54) is 0 Å². The Balaban J connectivity index is 2.01. The van der Waals surface area contributed by atoms with Crippen LogP contribution in [0.3, 0.4) is 0 Å². The maximum atomic E-state index is 8.29. The highest BCUT2D eigenvalue weighted by Gasteiger charge is 2.15. The quantitative estimate of drug-likeness (QED) is 0.452. The molecule has 6 heavy (non-hydrogen) atoms. The topological polar surface area (TPSA) is 34.3 Å². The van der Waals surface area contributed by atoms with Gasteiger partial charge in [0.15, 0.2) is 0 Å². The number of hydrogen-bond acceptors (Lipinski definition) is 1. The van der Waals surface area contributed by atoms with E-state index in [9.17, 15) is 0 Å². The second-order valence-corrected chi connectivity index (χ2v) is 1.53. The number of rotatable bonds is 1. The van der Waals surface area contributed by atoms with Crippen LogP contribution < -0.4 is 5.32 Å². The first-order valence-corrected chi connectivity index (χ1v) is 2.21. The van der Waals surface area contributed by atoms with E-state index in [4.69, 9.17) is 5.11 Å². The molecule has 1 saturated heterocycles. The zero-order chi connectivity index (χ0) is 4.41. The van der Waals surface area contributed by atoms with Gasteiger partial charge in [-0.15, -0.1) is 0 Å². The molecule has 0 saturated carbocycles. The molecule has 1 N–H and O–H groups in total. The van der Waals surface area contributed by atoms with E-state index in [1.807, 2.05) is 0 Å². The highest BCUT2D eigenvalue weighted by molar-refractivity contribution is 4.74. The van der Waals surface area contributed by atoms with Crippen LogP contribution in [-0.2, 0) is 0 Å². The van der Waals surface area contributed by atoms with Crippen molar-refractivity contribution in [1.82, 2.24) is 5.32 Å². The molecule has 1 fully saturated rings. The lowest BCUT2D eigenvalue weighted by atomic mass is 10.1. The van der Waals surface area contributed by atoms with Crippen LogP contribution in [0.2, 0.25) is 0 Å². The van der Waals surface area contributed by atoms with Crippen LogP contribution in [0.4, 0.5) is 0 Å². The van der Waals surface area contributed by atoms with Crippen molar-refractivity contribution >= 4 is 0 Å². The molecule has 1 aliphatic rings. The summed E-state index contributed by atoms with van der Waals surface area (Å²) in [6, 6.07) is 0.296. The van der Waals surface area contributed by atoms with Crippen LogP contribution >= 0.6 is 0 Å². The lowest BCUT2D eigenvalue weighted by Gasteiger charge is -2.21. The van der Waals surface area contributed by atoms with Gasteiger partial charge >= 0.3 is 0 Å². The molecule has 0 spiro atoms. The molecule has 1 unspecified atom stereocenters. The molecule has 1 aliphatic heterocycles. The molecule has 1 atom stereocenters. The molecule has 35 valence electrons. The minimum absolute atomic E-state index is 0.250. The van der Waals surface area contributed by atoms with Gasteiger partial charge in [0.1, 0.15) is 0 Å². The highest BCUT2D eigenvalue weighted by atomic mass is 16.3. The molecule has 0 bridgehead atoms. The molecule has 2 heteroatoms. The third kappa shape index (κ3) is 0.533. The Hall–Kier alpha value is -0.0800. The highest BCUT2D eigenvalue weighted by Crippen LogP contribution is 2.00. The Morgan fingerprint density at radius 3 is 2.50 bits per heavy atom. The molecule has 1 radical (unpaired) electrons. The molecular formula is C4H8NO. The third-order valence-electron chi connectivity index (χ3n) is 1.06. The zero-order valence-corrected chi connectivity index (χ0v) is 3.59. The van der Waals surface area contributed by atoms with Crippen LogP contribution in [0, 0.1) is 0 Å². The average Bonchev–Trinajstić information content (AvgIpc) is 1.31.